The number of carbonyl (C=O) groups is 2. The first-order valence-corrected chi connectivity index (χ1v) is 10.5. The first-order chi connectivity index (χ1) is 14.8. The van der Waals surface area contributed by atoms with Crippen LogP contribution < -0.4 is 11.1 Å². The zero-order valence-corrected chi connectivity index (χ0v) is 17.5. The highest BCUT2D eigenvalue weighted by atomic mass is 19.1. The maximum Gasteiger partial charge on any atom is 0.256 e. The van der Waals surface area contributed by atoms with E-state index in [-0.39, 0.29) is 11.5 Å². The Kier molecular flexibility index (Phi) is 5.68. The molecule has 7 nitrogen and oxygen atoms in total. The molecule has 2 amide bonds. The summed E-state index contributed by atoms with van der Waals surface area (Å²) in [6, 6.07) is 10.1. The van der Waals surface area contributed by atoms with Crippen LogP contribution >= 0.6 is 0 Å². The molecule has 0 aromatic heterocycles. The van der Waals surface area contributed by atoms with Gasteiger partial charge in [-0.2, -0.15) is 0 Å². The fourth-order valence-corrected chi connectivity index (χ4v) is 3.90. The second-order valence-electron chi connectivity index (χ2n) is 8.25. The Labute approximate surface area is 180 Å². The molecule has 1 aliphatic carbocycles. The lowest BCUT2D eigenvalue weighted by Gasteiger charge is -2.35. The van der Waals surface area contributed by atoms with E-state index in [0.29, 0.717) is 56.8 Å². The Balaban J connectivity index is 1.44. The molecule has 8 heteroatoms. The van der Waals surface area contributed by atoms with Crippen molar-refractivity contribution >= 4 is 17.5 Å². The van der Waals surface area contributed by atoms with Crippen LogP contribution in [0.25, 0.3) is 11.1 Å². The van der Waals surface area contributed by atoms with E-state index in [1.165, 1.54) is 12.1 Å². The van der Waals surface area contributed by atoms with E-state index in [9.17, 15) is 19.1 Å². The Hall–Kier alpha value is -2.97. The van der Waals surface area contributed by atoms with Gasteiger partial charge in [-0.15, -0.1) is 0 Å². The lowest BCUT2D eigenvalue weighted by molar-refractivity contribution is -0.143. The number of halogens is 1. The van der Waals surface area contributed by atoms with Crippen molar-refractivity contribution in [2.45, 2.75) is 25.0 Å². The van der Waals surface area contributed by atoms with E-state index in [0.717, 1.165) is 11.1 Å². The summed E-state index contributed by atoms with van der Waals surface area (Å²) in [5.74, 6) is -1.26. The summed E-state index contributed by atoms with van der Waals surface area (Å²) in [7, 11) is 1.84. The maximum absolute atomic E-state index is 14.8. The van der Waals surface area contributed by atoms with Crippen molar-refractivity contribution in [1.29, 1.82) is 0 Å². The van der Waals surface area contributed by atoms with E-state index < -0.39 is 17.3 Å². The van der Waals surface area contributed by atoms with E-state index in [1.54, 1.807) is 21.9 Å². The molecule has 1 aliphatic heterocycles. The third-order valence-electron chi connectivity index (χ3n) is 6.02. The highest BCUT2D eigenvalue weighted by Gasteiger charge is 2.50. The normalized spacial score (nSPS) is 17.5. The Morgan fingerprint density at radius 1 is 1.06 bits per heavy atom. The molecular weight excluding hydrogens is 399 g/mol. The van der Waals surface area contributed by atoms with Gasteiger partial charge in [-0.1, -0.05) is 18.2 Å². The summed E-state index contributed by atoms with van der Waals surface area (Å²) < 4.78 is 14.8. The largest absolute Gasteiger partial charge is 0.398 e. The number of aliphatic hydroxyl groups is 1. The highest BCUT2D eigenvalue weighted by molar-refractivity contribution is 5.95. The number of amides is 2. The topological polar surface area (TPSA) is 98.9 Å². The van der Waals surface area contributed by atoms with Crippen LogP contribution in [0.15, 0.2) is 36.4 Å². The van der Waals surface area contributed by atoms with Crippen LogP contribution in [0.4, 0.5) is 10.1 Å². The standard InChI is InChI=1S/C23H27FN4O3/c1-26-14-17-3-2-16(13-20(17)25)15-4-5-18(19(24)12-15)21(29)27-8-10-28(11-9-27)22(30)23(31)6-7-23/h2-5,12-13,26,31H,6-11,14,25H2,1H3. The molecule has 0 spiro atoms. The lowest BCUT2D eigenvalue weighted by Crippen LogP contribution is -2.53. The van der Waals surface area contributed by atoms with Crippen LogP contribution in [0, 0.1) is 5.82 Å². The zero-order chi connectivity index (χ0) is 22.2. The summed E-state index contributed by atoms with van der Waals surface area (Å²) in [5.41, 5.74) is 7.89. The van der Waals surface area contributed by atoms with Gasteiger partial charge in [0.1, 0.15) is 11.4 Å². The van der Waals surface area contributed by atoms with Gasteiger partial charge < -0.3 is 26.0 Å². The monoisotopic (exact) mass is 426 g/mol. The molecule has 1 saturated carbocycles. The molecule has 0 atom stereocenters. The quantitative estimate of drug-likeness (QED) is 0.631. The fourth-order valence-electron chi connectivity index (χ4n) is 3.90. The molecule has 4 N–H and O–H groups in total. The fraction of sp³-hybridized carbons (Fsp3) is 0.391. The minimum atomic E-state index is -1.21. The molecule has 1 saturated heterocycles. The predicted octanol–water partition coefficient (Wildman–Crippen LogP) is 1.60. The lowest BCUT2D eigenvalue weighted by atomic mass is 10.00. The highest BCUT2D eigenvalue weighted by Crippen LogP contribution is 2.37. The van der Waals surface area contributed by atoms with Gasteiger partial charge in [-0.05, 0) is 54.8 Å². The second-order valence-corrected chi connectivity index (χ2v) is 8.25. The third-order valence-corrected chi connectivity index (χ3v) is 6.02. The summed E-state index contributed by atoms with van der Waals surface area (Å²) in [4.78, 5) is 28.2. The number of rotatable bonds is 5. The summed E-state index contributed by atoms with van der Waals surface area (Å²) in [6.07, 6.45) is 0.985. The first kappa shape index (κ1) is 21.3. The molecule has 2 aromatic rings. The van der Waals surface area contributed by atoms with Crippen LogP contribution in [-0.2, 0) is 11.3 Å². The van der Waals surface area contributed by atoms with Crippen LogP contribution in [0.3, 0.4) is 0 Å². The molecular formula is C23H27FN4O3. The van der Waals surface area contributed by atoms with Crippen molar-refractivity contribution < 1.29 is 19.1 Å². The summed E-state index contributed by atoms with van der Waals surface area (Å²) >= 11 is 0. The average Bonchev–Trinajstić information content (AvgIpc) is 3.53. The summed E-state index contributed by atoms with van der Waals surface area (Å²) in [6.45, 7) is 1.94. The van der Waals surface area contributed by atoms with Crippen molar-refractivity contribution in [3.63, 3.8) is 0 Å². The van der Waals surface area contributed by atoms with Crippen molar-refractivity contribution in [1.82, 2.24) is 15.1 Å². The molecule has 0 unspecified atom stereocenters. The first-order valence-electron chi connectivity index (χ1n) is 10.5. The Morgan fingerprint density at radius 2 is 1.68 bits per heavy atom. The van der Waals surface area contributed by atoms with Crippen LogP contribution in [-0.4, -0.2) is 65.5 Å². The number of carbonyl (C=O) groups excluding carboxylic acids is 2. The zero-order valence-electron chi connectivity index (χ0n) is 17.5. The van der Waals surface area contributed by atoms with E-state index in [2.05, 4.69) is 5.32 Å². The number of nitrogens with one attached hydrogen (secondary N) is 1. The van der Waals surface area contributed by atoms with Gasteiger partial charge >= 0.3 is 0 Å². The molecule has 4 rings (SSSR count). The van der Waals surface area contributed by atoms with Crippen molar-refractivity contribution in [3.8, 4) is 11.1 Å². The number of nitrogens with two attached hydrogens (primary N) is 1. The number of hydrogen-bond acceptors (Lipinski definition) is 5. The number of hydrogen-bond donors (Lipinski definition) is 3. The summed E-state index contributed by atoms with van der Waals surface area (Å²) in [5, 5.41) is 13.0. The second kappa shape index (κ2) is 8.28. The minimum absolute atomic E-state index is 0.00382. The maximum atomic E-state index is 14.8. The van der Waals surface area contributed by atoms with E-state index in [1.807, 2.05) is 19.2 Å². The van der Waals surface area contributed by atoms with Crippen molar-refractivity contribution in [3.05, 3.63) is 53.3 Å². The van der Waals surface area contributed by atoms with Crippen molar-refractivity contribution in [2.75, 3.05) is 39.0 Å². The SMILES string of the molecule is CNCc1ccc(-c2ccc(C(=O)N3CCN(C(=O)C4(O)CC4)CC3)c(F)c2)cc1N. The van der Waals surface area contributed by atoms with Gasteiger partial charge in [-0.25, -0.2) is 4.39 Å². The van der Waals surface area contributed by atoms with E-state index >= 15 is 0 Å². The molecule has 2 aromatic carbocycles. The Bertz CT molecular complexity index is 1010. The molecule has 0 radical (unpaired) electrons. The molecule has 2 fully saturated rings. The number of benzene rings is 2. The average molecular weight is 426 g/mol. The van der Waals surface area contributed by atoms with Gasteiger partial charge in [-0.3, -0.25) is 9.59 Å². The minimum Gasteiger partial charge on any atom is -0.398 e. The Morgan fingerprint density at radius 3 is 2.26 bits per heavy atom. The van der Waals surface area contributed by atoms with Crippen LogP contribution in [0.5, 0.6) is 0 Å². The molecule has 1 heterocycles. The van der Waals surface area contributed by atoms with Gasteiger partial charge in [0, 0.05) is 38.4 Å². The van der Waals surface area contributed by atoms with Crippen LogP contribution in [0.1, 0.15) is 28.8 Å². The molecule has 0 bridgehead atoms. The number of nitrogens with zero attached hydrogens (tertiary/aromatic N) is 2. The smallest absolute Gasteiger partial charge is 0.256 e. The van der Waals surface area contributed by atoms with Gasteiger partial charge in [0.05, 0.1) is 5.56 Å². The number of piperazine rings is 1. The third kappa shape index (κ3) is 4.26. The van der Waals surface area contributed by atoms with Gasteiger partial charge in [0.2, 0.25) is 0 Å². The number of nitrogen functional groups attached to an aromatic ring is 1. The molecule has 164 valence electrons. The molecule has 2 aliphatic rings. The van der Waals surface area contributed by atoms with Crippen molar-refractivity contribution in [2.24, 2.45) is 0 Å². The molecule has 31 heavy (non-hydrogen) atoms. The van der Waals surface area contributed by atoms with Gasteiger partial charge in [0.15, 0.2) is 0 Å². The number of anilines is 1. The van der Waals surface area contributed by atoms with Gasteiger partial charge in [0.25, 0.3) is 11.8 Å². The predicted molar refractivity (Wildman–Crippen MR) is 116 cm³/mol. The van der Waals surface area contributed by atoms with Crippen LogP contribution in [0.2, 0.25) is 0 Å². The van der Waals surface area contributed by atoms with E-state index in [4.69, 9.17) is 5.73 Å².